The molecule has 8 nitrogen and oxygen atoms in total. The molecule has 0 saturated heterocycles. The van der Waals surface area contributed by atoms with Gasteiger partial charge in [0, 0.05) is 11.6 Å². The fourth-order valence-electron chi connectivity index (χ4n) is 1.38. The number of benzene rings is 1. The van der Waals surface area contributed by atoms with Crippen molar-refractivity contribution in [2.24, 2.45) is 0 Å². The summed E-state index contributed by atoms with van der Waals surface area (Å²) >= 11 is 1.77. The van der Waals surface area contributed by atoms with E-state index in [9.17, 15) is 13.5 Å². The van der Waals surface area contributed by atoms with E-state index < -0.39 is 16.3 Å². The second-order valence-corrected chi connectivity index (χ2v) is 5.91. The Morgan fingerprint density at radius 1 is 1.29 bits per heavy atom. The second-order valence-electron chi connectivity index (χ2n) is 3.36. The van der Waals surface area contributed by atoms with Crippen molar-refractivity contribution in [3.05, 3.63) is 28.0 Å². The van der Waals surface area contributed by atoms with E-state index in [0.29, 0.717) is 3.57 Å². The molecule has 0 radical (unpaired) electrons. The maximum atomic E-state index is 11.2. The number of aromatic nitrogens is 1. The van der Waals surface area contributed by atoms with Gasteiger partial charge in [-0.2, -0.15) is 8.42 Å². The summed E-state index contributed by atoms with van der Waals surface area (Å²) in [6.45, 7) is 0. The third-order valence-corrected chi connectivity index (χ3v) is 3.78. The number of aromatic hydroxyl groups is 1. The van der Waals surface area contributed by atoms with Crippen molar-refractivity contribution in [1.82, 2.24) is 4.98 Å². The van der Waals surface area contributed by atoms with Crippen molar-refractivity contribution < 1.29 is 62.6 Å². The Morgan fingerprint density at radius 3 is 2.29 bits per heavy atom. The van der Waals surface area contributed by atoms with Crippen LogP contribution in [0.25, 0.3) is 10.9 Å². The molecule has 0 fully saturated rings. The summed E-state index contributed by atoms with van der Waals surface area (Å²) in [5.41, 5.74) is 0.155. The van der Waals surface area contributed by atoms with Gasteiger partial charge in [-0.25, -0.2) is 4.79 Å². The van der Waals surface area contributed by atoms with Gasteiger partial charge in [-0.15, -0.1) is 0 Å². The van der Waals surface area contributed by atoms with E-state index in [4.69, 9.17) is 19.6 Å². The van der Waals surface area contributed by atoms with Crippen LogP contribution in [-0.4, -0.2) is 39.4 Å². The quantitative estimate of drug-likeness (QED) is 0.254. The van der Waals surface area contributed by atoms with Crippen molar-refractivity contribution in [3.63, 3.8) is 0 Å². The molecule has 0 spiro atoms. The van der Waals surface area contributed by atoms with Gasteiger partial charge in [-0.05, 0) is 40.8 Å². The number of phenolic OH excluding ortho intramolecular Hbond substituents is 1. The summed E-state index contributed by atoms with van der Waals surface area (Å²) in [6.07, 6.45) is -0.397. The molecule has 2 aromatic rings. The number of halogens is 1. The molecule has 0 unspecified atom stereocenters. The van der Waals surface area contributed by atoms with Gasteiger partial charge >= 0.3 is 35.7 Å². The molecule has 1 aromatic heterocycles. The van der Waals surface area contributed by atoms with Gasteiger partial charge in [0.15, 0.2) is 5.75 Å². The fourth-order valence-corrected chi connectivity index (χ4v) is 2.87. The molecule has 0 amide bonds. The Balaban J connectivity index is 0.000000715. The van der Waals surface area contributed by atoms with E-state index in [1.807, 2.05) is 0 Å². The van der Waals surface area contributed by atoms with Crippen LogP contribution in [0, 0.1) is 3.57 Å². The third-order valence-electron chi connectivity index (χ3n) is 2.06. The zero-order valence-electron chi connectivity index (χ0n) is 10.6. The van der Waals surface area contributed by atoms with E-state index in [1.54, 1.807) is 22.6 Å². The van der Waals surface area contributed by atoms with Crippen molar-refractivity contribution in [2.45, 2.75) is 4.90 Å². The summed E-state index contributed by atoms with van der Waals surface area (Å²) in [5, 5.41) is 23.8. The maximum Gasteiger partial charge on any atom is 1.00 e. The number of carbonyl (C=O) groups is 1. The van der Waals surface area contributed by atoms with Crippen molar-refractivity contribution >= 4 is 49.8 Å². The number of pyridine rings is 1. The van der Waals surface area contributed by atoms with Crippen LogP contribution < -0.4 is 29.6 Å². The first kappa shape index (κ1) is 20.3. The zero-order chi connectivity index (χ0) is 15.5. The summed E-state index contributed by atoms with van der Waals surface area (Å²) in [7, 11) is -4.32. The number of fused-ring (bicyclic) bond motifs is 1. The van der Waals surface area contributed by atoms with Crippen LogP contribution in [0.2, 0.25) is 0 Å². The Morgan fingerprint density at radius 2 is 1.81 bits per heavy atom. The standard InChI is InChI=1S/C9H6INO4S.CH2O3.Na/c10-6-4-7(16(13,14)15)5-2-1-3-11-8(5)9(6)12;2-1(3)4;/h1-4,12H,(H,13,14,15);(H2,2,3,4);/q;;+1. The van der Waals surface area contributed by atoms with Crippen molar-refractivity contribution in [1.29, 1.82) is 0 Å². The first-order valence-electron chi connectivity index (χ1n) is 4.80. The largest absolute Gasteiger partial charge is 1.00 e. The van der Waals surface area contributed by atoms with Crippen LogP contribution in [0.4, 0.5) is 4.79 Å². The van der Waals surface area contributed by atoms with Crippen molar-refractivity contribution in [2.75, 3.05) is 0 Å². The van der Waals surface area contributed by atoms with Crippen LogP contribution in [0.3, 0.4) is 0 Å². The normalized spacial score (nSPS) is 10.2. The molecule has 4 N–H and O–H groups in total. The molecule has 0 saturated carbocycles. The molecular weight excluding hydrogens is 428 g/mol. The van der Waals surface area contributed by atoms with E-state index in [2.05, 4.69) is 4.98 Å². The average Bonchev–Trinajstić information content (AvgIpc) is 2.32. The molecule has 0 atom stereocenters. The first-order chi connectivity index (χ1) is 9.14. The average molecular weight is 436 g/mol. The number of nitrogens with zero attached hydrogens (tertiary/aromatic N) is 1. The molecule has 0 bridgehead atoms. The van der Waals surface area contributed by atoms with E-state index in [0.717, 1.165) is 0 Å². The number of hydrogen-bond acceptors (Lipinski definition) is 5. The number of carboxylic acid groups (broad SMARTS) is 2. The minimum Gasteiger partial charge on any atom is -0.505 e. The summed E-state index contributed by atoms with van der Waals surface area (Å²) < 4.78 is 31.7. The van der Waals surface area contributed by atoms with Crippen LogP contribution in [-0.2, 0) is 10.1 Å². The molecule has 11 heteroatoms. The Hall–Kier alpha value is -0.660. The maximum absolute atomic E-state index is 11.2. The minimum absolute atomic E-state index is 0. The summed E-state index contributed by atoms with van der Waals surface area (Å²) in [4.78, 5) is 12.2. The van der Waals surface area contributed by atoms with Gasteiger partial charge in [0.05, 0.1) is 3.57 Å². The topological polar surface area (TPSA) is 145 Å². The van der Waals surface area contributed by atoms with Crippen LogP contribution in [0.5, 0.6) is 5.75 Å². The van der Waals surface area contributed by atoms with Crippen LogP contribution in [0.1, 0.15) is 0 Å². The predicted molar refractivity (Wildman–Crippen MR) is 76.6 cm³/mol. The van der Waals surface area contributed by atoms with E-state index in [-0.39, 0.29) is 51.1 Å². The molecule has 21 heavy (non-hydrogen) atoms. The van der Waals surface area contributed by atoms with Gasteiger partial charge in [0.2, 0.25) is 0 Å². The Bertz CT molecular complexity index is 761. The van der Waals surface area contributed by atoms with Gasteiger partial charge in [-0.3, -0.25) is 9.54 Å². The van der Waals surface area contributed by atoms with Crippen LogP contribution >= 0.6 is 22.6 Å². The van der Waals surface area contributed by atoms with E-state index in [1.165, 1.54) is 24.4 Å². The van der Waals surface area contributed by atoms with Gasteiger partial charge in [0.1, 0.15) is 10.4 Å². The smallest absolute Gasteiger partial charge is 0.505 e. The number of hydrogen-bond donors (Lipinski definition) is 4. The summed E-state index contributed by atoms with van der Waals surface area (Å²) in [6, 6.07) is 4.21. The number of rotatable bonds is 1. The Kier molecular flexibility index (Phi) is 7.84. The van der Waals surface area contributed by atoms with Gasteiger partial charge in [0.25, 0.3) is 10.1 Å². The van der Waals surface area contributed by atoms with Crippen molar-refractivity contribution in [3.8, 4) is 5.75 Å². The third kappa shape index (κ3) is 5.56. The molecule has 0 aliphatic heterocycles. The van der Waals surface area contributed by atoms with Gasteiger partial charge < -0.3 is 15.3 Å². The molecule has 108 valence electrons. The molecule has 0 aliphatic carbocycles. The molecule has 1 heterocycles. The van der Waals surface area contributed by atoms with E-state index >= 15 is 0 Å². The minimum atomic E-state index is -4.32. The first-order valence-corrected chi connectivity index (χ1v) is 7.32. The van der Waals surface area contributed by atoms with Gasteiger partial charge in [-0.1, -0.05) is 0 Å². The predicted octanol–water partition coefficient (Wildman–Crippen LogP) is -0.982. The number of phenols is 1. The SMILES string of the molecule is O=C(O)O.O=S(=O)(O)c1cc(I)c(O)c2ncccc12.[Na+]. The summed E-state index contributed by atoms with van der Waals surface area (Å²) in [5.74, 6) is -0.0939. The molecule has 1 aromatic carbocycles. The Labute approximate surface area is 155 Å². The zero-order valence-corrected chi connectivity index (χ0v) is 15.5. The van der Waals surface area contributed by atoms with Crippen LogP contribution in [0.15, 0.2) is 29.3 Å². The monoisotopic (exact) mass is 436 g/mol. The molecule has 0 aliphatic rings. The second kappa shape index (κ2) is 8.10. The molecular formula is C10H8INNaO7S+. The fraction of sp³-hybridized carbons (Fsp3) is 0. The molecule has 2 rings (SSSR count).